The topological polar surface area (TPSA) is 55.4 Å². The number of carbonyl (C=O) groups is 2. The number of rotatable bonds is 7. The van der Waals surface area contributed by atoms with Crippen LogP contribution < -0.4 is 5.32 Å². The van der Waals surface area contributed by atoms with E-state index in [0.29, 0.717) is 5.75 Å². The maximum atomic E-state index is 12.9. The lowest BCUT2D eigenvalue weighted by molar-refractivity contribution is -0.146. The molecule has 0 saturated carbocycles. The van der Waals surface area contributed by atoms with E-state index >= 15 is 0 Å². The van der Waals surface area contributed by atoms with E-state index in [9.17, 15) is 14.0 Å². The van der Waals surface area contributed by atoms with Gasteiger partial charge in [-0.2, -0.15) is 0 Å². The van der Waals surface area contributed by atoms with Crippen LogP contribution in [0.3, 0.4) is 0 Å². The zero-order valence-electron chi connectivity index (χ0n) is 13.6. The van der Waals surface area contributed by atoms with Gasteiger partial charge in [-0.3, -0.25) is 9.59 Å². The SMILES string of the molecule is Cc1ccc(SCCC(=O)OCC(=O)Nc2ccc(F)cc2Cl)cc1. The number of aryl methyl sites for hydroxylation is 1. The van der Waals surface area contributed by atoms with Crippen LogP contribution in [-0.2, 0) is 14.3 Å². The number of amides is 1. The second kappa shape index (κ2) is 9.44. The molecule has 0 aliphatic heterocycles. The van der Waals surface area contributed by atoms with Crippen LogP contribution in [0.2, 0.25) is 5.02 Å². The monoisotopic (exact) mass is 381 g/mol. The summed E-state index contributed by atoms with van der Waals surface area (Å²) in [6, 6.07) is 11.6. The molecule has 0 aliphatic carbocycles. The highest BCUT2D eigenvalue weighted by Crippen LogP contribution is 2.22. The van der Waals surface area contributed by atoms with Crippen LogP contribution in [-0.4, -0.2) is 24.2 Å². The summed E-state index contributed by atoms with van der Waals surface area (Å²) in [5, 5.41) is 2.54. The second-order valence-electron chi connectivity index (χ2n) is 5.24. The first-order valence-corrected chi connectivity index (χ1v) is 8.90. The van der Waals surface area contributed by atoms with Crippen molar-refractivity contribution in [1.29, 1.82) is 0 Å². The first kappa shape index (κ1) is 19.3. The first-order valence-electron chi connectivity index (χ1n) is 7.54. The summed E-state index contributed by atoms with van der Waals surface area (Å²) in [6.45, 7) is 1.59. The van der Waals surface area contributed by atoms with Crippen LogP contribution >= 0.6 is 23.4 Å². The van der Waals surface area contributed by atoms with Crippen molar-refractivity contribution in [3.05, 3.63) is 58.9 Å². The molecule has 0 aliphatic rings. The van der Waals surface area contributed by atoms with Crippen LogP contribution in [0.25, 0.3) is 0 Å². The molecule has 4 nitrogen and oxygen atoms in total. The molecule has 0 bridgehead atoms. The van der Waals surface area contributed by atoms with Gasteiger partial charge >= 0.3 is 5.97 Å². The Balaban J connectivity index is 1.68. The van der Waals surface area contributed by atoms with Gasteiger partial charge in [0.2, 0.25) is 0 Å². The number of hydrogen-bond donors (Lipinski definition) is 1. The van der Waals surface area contributed by atoms with E-state index in [0.717, 1.165) is 11.0 Å². The third kappa shape index (κ3) is 6.76. The molecule has 0 fully saturated rings. The summed E-state index contributed by atoms with van der Waals surface area (Å²) in [6.07, 6.45) is 0.198. The molecule has 0 heterocycles. The maximum absolute atomic E-state index is 12.9. The highest BCUT2D eigenvalue weighted by atomic mass is 35.5. The largest absolute Gasteiger partial charge is 0.456 e. The van der Waals surface area contributed by atoms with E-state index in [1.807, 2.05) is 31.2 Å². The minimum atomic E-state index is -0.534. The lowest BCUT2D eigenvalue weighted by atomic mass is 10.2. The smallest absolute Gasteiger partial charge is 0.307 e. The third-order valence-corrected chi connectivity index (χ3v) is 4.49. The van der Waals surface area contributed by atoms with Crippen LogP contribution in [0.1, 0.15) is 12.0 Å². The summed E-state index contributed by atoms with van der Waals surface area (Å²) in [4.78, 5) is 24.5. The van der Waals surface area contributed by atoms with Crippen LogP contribution in [0.5, 0.6) is 0 Å². The molecule has 25 heavy (non-hydrogen) atoms. The summed E-state index contributed by atoms with van der Waals surface area (Å²) >= 11 is 7.35. The van der Waals surface area contributed by atoms with Crippen LogP contribution in [0, 0.1) is 12.7 Å². The Morgan fingerprint density at radius 3 is 2.60 bits per heavy atom. The molecule has 0 radical (unpaired) electrons. The molecule has 2 aromatic carbocycles. The van der Waals surface area contributed by atoms with Crippen molar-refractivity contribution in [3.8, 4) is 0 Å². The summed E-state index contributed by atoms with van der Waals surface area (Å²) in [5.41, 5.74) is 1.44. The number of esters is 1. The number of benzene rings is 2. The molecular weight excluding hydrogens is 365 g/mol. The fourth-order valence-electron chi connectivity index (χ4n) is 1.88. The van der Waals surface area contributed by atoms with E-state index in [1.54, 1.807) is 11.8 Å². The lowest BCUT2D eigenvalue weighted by Gasteiger charge is -2.08. The summed E-state index contributed by atoms with van der Waals surface area (Å²) in [7, 11) is 0. The Bertz CT molecular complexity index is 752. The minimum Gasteiger partial charge on any atom is -0.456 e. The second-order valence-corrected chi connectivity index (χ2v) is 6.82. The maximum Gasteiger partial charge on any atom is 0.307 e. The highest BCUT2D eigenvalue weighted by molar-refractivity contribution is 7.99. The molecule has 0 spiro atoms. The molecule has 2 rings (SSSR count). The average Bonchev–Trinajstić information content (AvgIpc) is 2.57. The van der Waals surface area contributed by atoms with E-state index < -0.39 is 24.3 Å². The number of carbonyl (C=O) groups excluding carboxylic acids is 2. The normalized spacial score (nSPS) is 10.4. The number of nitrogens with one attached hydrogen (secondary N) is 1. The van der Waals surface area contributed by atoms with Gasteiger partial charge in [-0.15, -0.1) is 11.8 Å². The third-order valence-electron chi connectivity index (χ3n) is 3.17. The minimum absolute atomic E-state index is 0.0779. The Hall–Kier alpha value is -2.05. The standard InChI is InChI=1S/C18H17ClFNO3S/c1-12-2-5-14(6-3-12)25-9-8-18(23)24-11-17(22)21-16-7-4-13(20)10-15(16)19/h2-7,10H,8-9,11H2,1H3,(H,21,22). The van der Waals surface area contributed by atoms with Crippen molar-refractivity contribution in [3.63, 3.8) is 0 Å². The molecule has 0 aromatic heterocycles. The van der Waals surface area contributed by atoms with E-state index in [2.05, 4.69) is 5.32 Å². The number of anilines is 1. The molecule has 1 N–H and O–H groups in total. The fraction of sp³-hybridized carbons (Fsp3) is 0.222. The van der Waals surface area contributed by atoms with Crippen molar-refractivity contribution in [2.75, 3.05) is 17.7 Å². The van der Waals surface area contributed by atoms with Gasteiger partial charge in [0.05, 0.1) is 17.1 Å². The van der Waals surface area contributed by atoms with E-state index in [-0.39, 0.29) is 17.1 Å². The Morgan fingerprint density at radius 1 is 1.20 bits per heavy atom. The van der Waals surface area contributed by atoms with Gasteiger partial charge in [-0.25, -0.2) is 4.39 Å². The van der Waals surface area contributed by atoms with Gasteiger partial charge < -0.3 is 10.1 Å². The highest BCUT2D eigenvalue weighted by Gasteiger charge is 2.10. The van der Waals surface area contributed by atoms with Crippen molar-refractivity contribution < 1.29 is 18.7 Å². The van der Waals surface area contributed by atoms with Crippen LogP contribution in [0.4, 0.5) is 10.1 Å². The van der Waals surface area contributed by atoms with Gasteiger partial charge in [0.1, 0.15) is 5.82 Å². The van der Waals surface area contributed by atoms with Gasteiger partial charge in [0.15, 0.2) is 6.61 Å². The van der Waals surface area contributed by atoms with Gasteiger partial charge in [-0.1, -0.05) is 29.3 Å². The number of thioether (sulfide) groups is 1. The zero-order valence-corrected chi connectivity index (χ0v) is 15.1. The number of hydrogen-bond acceptors (Lipinski definition) is 4. The van der Waals surface area contributed by atoms with E-state index in [1.165, 1.54) is 17.7 Å². The number of halogens is 2. The molecular formula is C18H17ClFNO3S. The van der Waals surface area contributed by atoms with Gasteiger partial charge in [-0.05, 0) is 37.3 Å². The summed E-state index contributed by atoms with van der Waals surface area (Å²) in [5.74, 6) is -0.929. The number of ether oxygens (including phenoxy) is 1. The Labute approximate surface area is 154 Å². The molecule has 2 aromatic rings. The molecule has 132 valence electrons. The molecule has 1 amide bonds. The Morgan fingerprint density at radius 2 is 1.92 bits per heavy atom. The fourth-order valence-corrected chi connectivity index (χ4v) is 2.93. The quantitative estimate of drug-likeness (QED) is 0.568. The van der Waals surface area contributed by atoms with E-state index in [4.69, 9.17) is 16.3 Å². The lowest BCUT2D eigenvalue weighted by Crippen LogP contribution is -2.21. The first-order chi connectivity index (χ1) is 11.9. The molecule has 0 unspecified atom stereocenters. The van der Waals surface area contributed by atoms with Gasteiger partial charge in [0, 0.05) is 10.6 Å². The van der Waals surface area contributed by atoms with Crippen molar-refractivity contribution in [2.45, 2.75) is 18.2 Å². The van der Waals surface area contributed by atoms with Crippen molar-refractivity contribution >= 4 is 40.9 Å². The van der Waals surface area contributed by atoms with Crippen LogP contribution in [0.15, 0.2) is 47.4 Å². The Kier molecular flexibility index (Phi) is 7.28. The van der Waals surface area contributed by atoms with Crippen molar-refractivity contribution in [1.82, 2.24) is 0 Å². The summed E-state index contributed by atoms with van der Waals surface area (Å²) < 4.78 is 17.8. The average molecular weight is 382 g/mol. The molecule has 0 saturated heterocycles. The molecule has 0 atom stereocenters. The molecule has 7 heteroatoms. The van der Waals surface area contributed by atoms with Gasteiger partial charge in [0.25, 0.3) is 5.91 Å². The zero-order chi connectivity index (χ0) is 18.2. The van der Waals surface area contributed by atoms with Crippen molar-refractivity contribution in [2.24, 2.45) is 0 Å². The predicted molar refractivity (Wildman–Crippen MR) is 97.5 cm³/mol. The predicted octanol–water partition coefficient (Wildman–Crippen LogP) is 4.45.